The van der Waals surface area contributed by atoms with Crippen molar-refractivity contribution in [1.29, 1.82) is 0 Å². The molecule has 1 aromatic carbocycles. The van der Waals surface area contributed by atoms with E-state index in [0.29, 0.717) is 10.4 Å². The molecule has 0 saturated carbocycles. The zero-order chi connectivity index (χ0) is 13.1. The van der Waals surface area contributed by atoms with E-state index in [1.807, 2.05) is 6.07 Å². The molecule has 92 valence electrons. The van der Waals surface area contributed by atoms with Gasteiger partial charge in [0.1, 0.15) is 0 Å². The normalized spacial score (nSPS) is 10.1. The van der Waals surface area contributed by atoms with Crippen molar-refractivity contribution >= 4 is 33.0 Å². The summed E-state index contributed by atoms with van der Waals surface area (Å²) in [6.45, 7) is 0. The van der Waals surface area contributed by atoms with Crippen LogP contribution in [0, 0.1) is 15.3 Å². The topological polar surface area (TPSA) is 82.1 Å². The molecule has 2 aromatic rings. The van der Waals surface area contributed by atoms with Crippen molar-refractivity contribution in [3.8, 4) is 0 Å². The molecule has 6 nitrogen and oxygen atoms in total. The van der Waals surface area contributed by atoms with Crippen molar-refractivity contribution in [2.75, 3.05) is 5.32 Å². The van der Waals surface area contributed by atoms with Gasteiger partial charge in [-0.25, -0.2) is 0 Å². The SMILES string of the molecule is O=[N+]([O-])c1cc[n+]([O-])cc1Nc1cccc(Br)c1. The quantitative estimate of drug-likeness (QED) is 0.409. The summed E-state index contributed by atoms with van der Waals surface area (Å²) < 4.78 is 1.34. The molecule has 2 rings (SSSR count). The summed E-state index contributed by atoms with van der Waals surface area (Å²) in [5.41, 5.74) is 0.649. The third kappa shape index (κ3) is 2.75. The van der Waals surface area contributed by atoms with Crippen molar-refractivity contribution in [3.05, 3.63) is 62.5 Å². The maximum absolute atomic E-state index is 11.2. The first-order chi connectivity index (χ1) is 8.56. The Bertz CT molecular complexity index is 604. The fourth-order valence-corrected chi connectivity index (χ4v) is 1.85. The van der Waals surface area contributed by atoms with Crippen molar-refractivity contribution in [2.45, 2.75) is 0 Å². The number of hydrogen-bond acceptors (Lipinski definition) is 4. The predicted octanol–water partition coefficient (Wildman–Crippen LogP) is 2.73. The van der Waals surface area contributed by atoms with Crippen LogP contribution >= 0.6 is 15.9 Å². The van der Waals surface area contributed by atoms with Gasteiger partial charge in [-0.1, -0.05) is 22.0 Å². The van der Waals surface area contributed by atoms with Gasteiger partial charge in [-0.2, -0.15) is 4.73 Å². The lowest BCUT2D eigenvalue weighted by Gasteiger charge is -2.06. The van der Waals surface area contributed by atoms with Gasteiger partial charge in [-0.15, -0.1) is 0 Å². The molecule has 0 amide bonds. The Balaban J connectivity index is 2.39. The molecule has 1 aromatic heterocycles. The zero-order valence-electron chi connectivity index (χ0n) is 9.04. The van der Waals surface area contributed by atoms with Crippen LogP contribution in [0.4, 0.5) is 17.1 Å². The molecule has 1 N–H and O–H groups in total. The summed E-state index contributed by atoms with van der Waals surface area (Å²) in [7, 11) is 0. The minimum absolute atomic E-state index is 0.149. The Morgan fingerprint density at radius 3 is 2.78 bits per heavy atom. The molecule has 0 saturated heterocycles. The third-order valence-electron chi connectivity index (χ3n) is 2.21. The largest absolute Gasteiger partial charge is 0.619 e. The van der Waals surface area contributed by atoms with Crippen LogP contribution < -0.4 is 10.0 Å². The van der Waals surface area contributed by atoms with Crippen LogP contribution in [0.3, 0.4) is 0 Å². The maximum Gasteiger partial charge on any atom is 0.304 e. The molecule has 0 unspecified atom stereocenters. The minimum Gasteiger partial charge on any atom is -0.619 e. The molecular formula is C11H8BrN3O3. The van der Waals surface area contributed by atoms with Crippen LogP contribution in [-0.4, -0.2) is 4.92 Å². The van der Waals surface area contributed by atoms with Crippen molar-refractivity contribution in [1.82, 2.24) is 0 Å². The number of rotatable bonds is 3. The highest BCUT2D eigenvalue weighted by molar-refractivity contribution is 9.10. The second kappa shape index (κ2) is 5.01. The van der Waals surface area contributed by atoms with E-state index in [0.717, 1.165) is 22.9 Å². The first kappa shape index (κ1) is 12.3. The van der Waals surface area contributed by atoms with Crippen molar-refractivity contribution in [2.24, 2.45) is 0 Å². The van der Waals surface area contributed by atoms with E-state index in [-0.39, 0.29) is 11.4 Å². The van der Waals surface area contributed by atoms with Gasteiger partial charge in [-0.05, 0) is 18.2 Å². The number of nitrogens with zero attached hydrogens (tertiary/aromatic N) is 2. The van der Waals surface area contributed by atoms with Gasteiger partial charge in [0.15, 0.2) is 11.9 Å². The maximum atomic E-state index is 11.2. The van der Waals surface area contributed by atoms with Crippen LogP contribution in [0.5, 0.6) is 0 Å². The summed E-state index contributed by atoms with van der Waals surface area (Å²) in [6, 6.07) is 8.28. The summed E-state index contributed by atoms with van der Waals surface area (Å²) in [6.07, 6.45) is 2.21. The summed E-state index contributed by atoms with van der Waals surface area (Å²) >= 11 is 3.30. The van der Waals surface area contributed by atoms with Crippen LogP contribution in [-0.2, 0) is 0 Å². The smallest absolute Gasteiger partial charge is 0.304 e. The molecule has 0 radical (unpaired) electrons. The first-order valence-electron chi connectivity index (χ1n) is 4.96. The molecule has 0 aliphatic heterocycles. The van der Waals surface area contributed by atoms with E-state index in [9.17, 15) is 15.3 Å². The first-order valence-corrected chi connectivity index (χ1v) is 5.75. The van der Waals surface area contributed by atoms with Crippen LogP contribution in [0.1, 0.15) is 0 Å². The summed E-state index contributed by atoms with van der Waals surface area (Å²) in [4.78, 5) is 10.3. The molecule has 1 heterocycles. The minimum atomic E-state index is -0.541. The van der Waals surface area contributed by atoms with E-state index in [1.54, 1.807) is 18.2 Å². The lowest BCUT2D eigenvalue weighted by atomic mass is 10.3. The van der Waals surface area contributed by atoms with Crippen LogP contribution in [0.2, 0.25) is 0 Å². The van der Waals surface area contributed by atoms with Gasteiger partial charge in [0.25, 0.3) is 0 Å². The van der Waals surface area contributed by atoms with Crippen molar-refractivity contribution < 1.29 is 9.65 Å². The molecule has 0 bridgehead atoms. The third-order valence-corrected chi connectivity index (χ3v) is 2.71. The molecule has 0 atom stereocenters. The van der Waals surface area contributed by atoms with Crippen molar-refractivity contribution in [3.63, 3.8) is 0 Å². The molecule has 0 aliphatic rings. The average molecular weight is 310 g/mol. The number of pyridine rings is 1. The second-order valence-electron chi connectivity index (χ2n) is 3.50. The lowest BCUT2D eigenvalue weighted by molar-refractivity contribution is -0.605. The van der Waals surface area contributed by atoms with Crippen LogP contribution in [0.15, 0.2) is 47.2 Å². The number of hydrogen-bond donors (Lipinski definition) is 1. The summed E-state index contributed by atoms with van der Waals surface area (Å²) in [5.74, 6) is 0. The number of nitro groups is 1. The zero-order valence-corrected chi connectivity index (χ0v) is 10.6. The average Bonchev–Trinajstić information content (AvgIpc) is 2.28. The Labute approximate surface area is 111 Å². The fraction of sp³-hybridized carbons (Fsp3) is 0. The van der Waals surface area contributed by atoms with Gasteiger partial charge in [0.05, 0.1) is 11.0 Å². The van der Waals surface area contributed by atoms with E-state index in [2.05, 4.69) is 21.2 Å². The molecule has 0 aliphatic carbocycles. The van der Waals surface area contributed by atoms with E-state index < -0.39 is 4.92 Å². The number of anilines is 2. The number of benzene rings is 1. The second-order valence-corrected chi connectivity index (χ2v) is 4.41. The Morgan fingerprint density at radius 1 is 1.33 bits per heavy atom. The lowest BCUT2D eigenvalue weighted by Crippen LogP contribution is -2.25. The van der Waals surface area contributed by atoms with Gasteiger partial charge < -0.3 is 10.5 Å². The monoisotopic (exact) mass is 309 g/mol. The predicted molar refractivity (Wildman–Crippen MR) is 69.5 cm³/mol. The van der Waals surface area contributed by atoms with Gasteiger partial charge in [-0.3, -0.25) is 10.1 Å². The summed E-state index contributed by atoms with van der Waals surface area (Å²) in [5, 5.41) is 24.8. The number of halogens is 1. The highest BCUT2D eigenvalue weighted by Crippen LogP contribution is 2.26. The molecule has 0 spiro atoms. The van der Waals surface area contributed by atoms with Gasteiger partial charge in [0.2, 0.25) is 6.20 Å². The molecule has 18 heavy (non-hydrogen) atoms. The Kier molecular flexibility index (Phi) is 3.42. The van der Waals surface area contributed by atoms with E-state index in [1.165, 1.54) is 0 Å². The highest BCUT2D eigenvalue weighted by Gasteiger charge is 2.17. The Morgan fingerprint density at radius 2 is 2.11 bits per heavy atom. The molecular weight excluding hydrogens is 302 g/mol. The Hall–Kier alpha value is -2.15. The van der Waals surface area contributed by atoms with Gasteiger partial charge >= 0.3 is 5.69 Å². The molecule has 0 fully saturated rings. The highest BCUT2D eigenvalue weighted by atomic mass is 79.9. The van der Waals surface area contributed by atoms with Gasteiger partial charge in [0, 0.05) is 10.2 Å². The fourth-order valence-electron chi connectivity index (χ4n) is 1.45. The van der Waals surface area contributed by atoms with E-state index in [4.69, 9.17) is 0 Å². The number of aromatic nitrogens is 1. The van der Waals surface area contributed by atoms with E-state index >= 15 is 0 Å². The standard InChI is InChI=1S/C11H8BrN3O3/c12-8-2-1-3-9(6-8)13-10-7-14(16)5-4-11(10)15(17)18/h1-7,13H. The number of nitrogens with one attached hydrogen (secondary N) is 1. The molecule has 7 heteroatoms. The van der Waals surface area contributed by atoms with Crippen LogP contribution in [0.25, 0.3) is 0 Å².